The fraction of sp³-hybridized carbons (Fsp3) is 0.800. The van der Waals surface area contributed by atoms with E-state index in [0.29, 0.717) is 0 Å². The van der Waals surface area contributed by atoms with Crippen LogP contribution in [0.25, 0.3) is 0 Å². The summed E-state index contributed by atoms with van der Waals surface area (Å²) in [5, 5.41) is 7.13. The first-order chi connectivity index (χ1) is 2.94. The van der Waals surface area contributed by atoms with Gasteiger partial charge in [0.25, 0.3) is 0 Å². The van der Waals surface area contributed by atoms with Crippen LogP contribution in [-0.2, 0) is 0 Å². The van der Waals surface area contributed by atoms with E-state index in [1.165, 1.54) is 0 Å². The smallest absolute Gasteiger partial charge is 0.102 e. The van der Waals surface area contributed by atoms with Crippen LogP contribution in [0.5, 0.6) is 0 Å². The predicted molar refractivity (Wildman–Crippen MR) is 33.0 cm³/mol. The first kappa shape index (κ1) is 6.96. The molecule has 0 saturated carbocycles. The molecular formula is C5H10ClN. The summed E-state index contributed by atoms with van der Waals surface area (Å²) in [7, 11) is 0. The van der Waals surface area contributed by atoms with Crippen molar-refractivity contribution in [1.82, 2.24) is 0 Å². The summed E-state index contributed by atoms with van der Waals surface area (Å²) in [4.78, 5) is 0. The van der Waals surface area contributed by atoms with Crippen molar-refractivity contribution in [3.05, 3.63) is 0 Å². The Labute approximate surface area is 49.2 Å². The molecule has 0 saturated heterocycles. The molecule has 0 aromatic rings. The first-order valence-corrected chi connectivity index (χ1v) is 2.57. The fourth-order valence-electron chi connectivity index (χ4n) is 0. The molecule has 0 aliphatic rings. The van der Waals surface area contributed by atoms with E-state index in [1.807, 2.05) is 20.8 Å². The maximum atomic E-state index is 6.91. The van der Waals surface area contributed by atoms with Gasteiger partial charge >= 0.3 is 0 Å². The van der Waals surface area contributed by atoms with Gasteiger partial charge in [-0.3, -0.25) is 5.41 Å². The summed E-state index contributed by atoms with van der Waals surface area (Å²) in [6, 6.07) is 0. The Morgan fingerprint density at radius 2 is 1.57 bits per heavy atom. The fourth-order valence-corrected chi connectivity index (χ4v) is 0. The Balaban J connectivity index is 3.79. The van der Waals surface area contributed by atoms with Crippen molar-refractivity contribution in [2.24, 2.45) is 5.41 Å². The molecular weight excluding hydrogens is 110 g/mol. The minimum absolute atomic E-state index is 0.151. The average Bonchev–Trinajstić information content (AvgIpc) is 1.31. The Bertz CT molecular complexity index is 80.6. The van der Waals surface area contributed by atoms with E-state index < -0.39 is 0 Å². The lowest BCUT2D eigenvalue weighted by molar-refractivity contribution is 0.597. The van der Waals surface area contributed by atoms with Crippen LogP contribution in [0.4, 0.5) is 0 Å². The van der Waals surface area contributed by atoms with Crippen molar-refractivity contribution in [3.8, 4) is 0 Å². The van der Waals surface area contributed by atoms with Crippen molar-refractivity contribution in [2.45, 2.75) is 20.8 Å². The van der Waals surface area contributed by atoms with Crippen LogP contribution >= 0.6 is 11.6 Å². The van der Waals surface area contributed by atoms with E-state index in [0.717, 1.165) is 0 Å². The molecule has 0 rings (SSSR count). The van der Waals surface area contributed by atoms with Gasteiger partial charge in [-0.25, -0.2) is 0 Å². The molecule has 0 amide bonds. The SMILES string of the molecule is CC(C)(C)C(=N)Cl. The molecule has 0 bridgehead atoms. The van der Waals surface area contributed by atoms with Crippen LogP contribution in [0.2, 0.25) is 0 Å². The van der Waals surface area contributed by atoms with E-state index in [2.05, 4.69) is 0 Å². The van der Waals surface area contributed by atoms with E-state index in [9.17, 15) is 0 Å². The van der Waals surface area contributed by atoms with E-state index in [4.69, 9.17) is 17.0 Å². The molecule has 0 aromatic heterocycles. The molecule has 1 N–H and O–H groups in total. The topological polar surface area (TPSA) is 23.9 Å². The van der Waals surface area contributed by atoms with Gasteiger partial charge in [0.15, 0.2) is 0 Å². The Kier molecular flexibility index (Phi) is 1.82. The minimum Gasteiger partial charge on any atom is -0.293 e. The zero-order chi connectivity index (χ0) is 6.08. The number of hydrogen-bond acceptors (Lipinski definition) is 1. The summed E-state index contributed by atoms with van der Waals surface area (Å²) < 4.78 is 0. The summed E-state index contributed by atoms with van der Waals surface area (Å²) in [6.45, 7) is 5.72. The van der Waals surface area contributed by atoms with Crippen LogP contribution < -0.4 is 0 Å². The van der Waals surface area contributed by atoms with Gasteiger partial charge in [0.05, 0.1) is 0 Å². The number of rotatable bonds is 0. The highest BCUT2D eigenvalue weighted by molar-refractivity contribution is 6.65. The van der Waals surface area contributed by atoms with Crippen molar-refractivity contribution in [3.63, 3.8) is 0 Å². The molecule has 7 heavy (non-hydrogen) atoms. The molecule has 0 aliphatic carbocycles. The lowest BCUT2D eigenvalue weighted by Crippen LogP contribution is -2.12. The maximum Gasteiger partial charge on any atom is 0.102 e. The zero-order valence-corrected chi connectivity index (χ0v) is 5.63. The number of halogens is 1. The van der Waals surface area contributed by atoms with Crippen molar-refractivity contribution < 1.29 is 0 Å². The van der Waals surface area contributed by atoms with Gasteiger partial charge in [-0.15, -0.1) is 0 Å². The third kappa shape index (κ3) is 2.63. The molecule has 0 atom stereocenters. The standard InChI is InChI=1S/C5H10ClN/c1-5(2,3)4(6)7/h7H,1-3H3. The first-order valence-electron chi connectivity index (χ1n) is 2.19. The summed E-state index contributed by atoms with van der Waals surface area (Å²) in [5.41, 5.74) is -0.151. The molecule has 1 nitrogen and oxygen atoms in total. The third-order valence-corrected chi connectivity index (χ3v) is 1.23. The van der Waals surface area contributed by atoms with Gasteiger partial charge < -0.3 is 0 Å². The van der Waals surface area contributed by atoms with E-state index >= 15 is 0 Å². The molecule has 0 fully saturated rings. The Morgan fingerprint density at radius 3 is 1.57 bits per heavy atom. The summed E-state index contributed by atoms with van der Waals surface area (Å²) in [5.74, 6) is 0. The van der Waals surface area contributed by atoms with E-state index in [-0.39, 0.29) is 10.6 Å². The van der Waals surface area contributed by atoms with Gasteiger partial charge in [0.1, 0.15) is 5.17 Å². The van der Waals surface area contributed by atoms with Crippen LogP contribution in [-0.4, -0.2) is 5.17 Å². The largest absolute Gasteiger partial charge is 0.293 e. The lowest BCUT2D eigenvalue weighted by atomic mass is 9.99. The van der Waals surface area contributed by atoms with Crippen molar-refractivity contribution in [1.29, 1.82) is 5.41 Å². The minimum atomic E-state index is -0.151. The second kappa shape index (κ2) is 1.83. The molecule has 2 heteroatoms. The van der Waals surface area contributed by atoms with Crippen LogP contribution in [0.3, 0.4) is 0 Å². The highest BCUT2D eigenvalue weighted by atomic mass is 35.5. The maximum absolute atomic E-state index is 6.91. The molecule has 0 spiro atoms. The number of hydrogen-bond donors (Lipinski definition) is 1. The van der Waals surface area contributed by atoms with Gasteiger partial charge in [-0.2, -0.15) is 0 Å². The Hall–Kier alpha value is -0.0400. The second-order valence-corrected chi connectivity index (χ2v) is 2.94. The van der Waals surface area contributed by atoms with E-state index in [1.54, 1.807) is 0 Å². The quantitative estimate of drug-likeness (QED) is 0.473. The Morgan fingerprint density at radius 1 is 1.43 bits per heavy atom. The molecule has 0 radical (unpaired) electrons. The molecule has 0 heterocycles. The highest BCUT2D eigenvalue weighted by Crippen LogP contribution is 2.16. The monoisotopic (exact) mass is 119 g/mol. The van der Waals surface area contributed by atoms with Gasteiger partial charge in [-0.1, -0.05) is 32.4 Å². The second-order valence-electron chi connectivity index (χ2n) is 2.56. The van der Waals surface area contributed by atoms with Gasteiger partial charge in [0.2, 0.25) is 0 Å². The molecule has 42 valence electrons. The summed E-state index contributed by atoms with van der Waals surface area (Å²) >= 11 is 5.34. The van der Waals surface area contributed by atoms with Crippen LogP contribution in [0, 0.1) is 10.8 Å². The lowest BCUT2D eigenvalue weighted by Gasteiger charge is -2.12. The third-order valence-electron chi connectivity index (χ3n) is 0.658. The molecule has 0 unspecified atom stereocenters. The predicted octanol–water partition coefficient (Wildman–Crippen LogP) is 2.25. The van der Waals surface area contributed by atoms with Crippen molar-refractivity contribution >= 4 is 16.8 Å². The molecule has 0 aliphatic heterocycles. The summed E-state index contributed by atoms with van der Waals surface area (Å²) in [6.07, 6.45) is 0. The van der Waals surface area contributed by atoms with Gasteiger partial charge in [-0.05, 0) is 0 Å². The van der Waals surface area contributed by atoms with Crippen molar-refractivity contribution in [2.75, 3.05) is 0 Å². The molecule has 0 aromatic carbocycles. The normalized spacial score (nSPS) is 11.4. The highest BCUT2D eigenvalue weighted by Gasteiger charge is 2.13. The van der Waals surface area contributed by atoms with Gasteiger partial charge in [0, 0.05) is 5.41 Å². The van der Waals surface area contributed by atoms with Crippen LogP contribution in [0.15, 0.2) is 0 Å². The average molecular weight is 120 g/mol. The van der Waals surface area contributed by atoms with Crippen LogP contribution in [0.1, 0.15) is 20.8 Å². The number of nitrogens with one attached hydrogen (secondary N) is 1. The zero-order valence-electron chi connectivity index (χ0n) is 4.88.